The number of carbonyl (C=O) groups excluding carboxylic acids is 2. The van der Waals surface area contributed by atoms with Gasteiger partial charge in [0.05, 0.1) is 52.4 Å². The van der Waals surface area contributed by atoms with Crippen LogP contribution in [0.5, 0.6) is 0 Å². The Kier molecular flexibility index (Phi) is 19.0. The molecule has 0 saturated heterocycles. The maximum absolute atomic E-state index is 13.4. The number of amides is 1. The molecule has 13 heteroatoms. The summed E-state index contributed by atoms with van der Waals surface area (Å²) in [7, 11) is -3.55. The first-order chi connectivity index (χ1) is 20.9. The lowest BCUT2D eigenvalue weighted by atomic mass is 10.2. The minimum Gasteiger partial charge on any atom is -0.480 e. The van der Waals surface area contributed by atoms with Gasteiger partial charge in [-0.15, -0.1) is 0 Å². The fourth-order valence-electron chi connectivity index (χ4n) is 3.48. The second-order valence-electron chi connectivity index (χ2n) is 9.32. The van der Waals surface area contributed by atoms with Crippen LogP contribution in [0.25, 0.3) is 0 Å². The lowest BCUT2D eigenvalue weighted by Gasteiger charge is -2.19. The third-order valence-electron chi connectivity index (χ3n) is 5.70. The van der Waals surface area contributed by atoms with Gasteiger partial charge in [0.25, 0.3) is 0 Å². The van der Waals surface area contributed by atoms with Gasteiger partial charge in [0.15, 0.2) is 5.78 Å². The molecule has 0 atom stereocenters. The fraction of sp³-hybridized carbons (Fsp3) is 0.500. The zero-order valence-corrected chi connectivity index (χ0v) is 25.3. The van der Waals surface area contributed by atoms with Gasteiger partial charge in [0.2, 0.25) is 5.91 Å². The molecule has 2 N–H and O–H groups in total. The number of rotatable bonds is 26. The number of carboxylic acid groups (broad SMARTS) is 1. The van der Waals surface area contributed by atoms with Gasteiger partial charge < -0.3 is 38.4 Å². The van der Waals surface area contributed by atoms with Crippen LogP contribution in [-0.2, 0) is 60.2 Å². The quantitative estimate of drug-likeness (QED) is 0.117. The summed E-state index contributed by atoms with van der Waals surface area (Å²) in [5, 5.41) is 11.2. The van der Waals surface area contributed by atoms with Gasteiger partial charge in [0.1, 0.15) is 13.2 Å². The predicted molar refractivity (Wildman–Crippen MR) is 158 cm³/mol. The van der Waals surface area contributed by atoms with Crippen molar-refractivity contribution in [3.63, 3.8) is 0 Å². The number of carboxylic acids is 1. The minimum atomic E-state index is -3.55. The van der Waals surface area contributed by atoms with Crippen molar-refractivity contribution < 1.29 is 52.1 Å². The van der Waals surface area contributed by atoms with Crippen molar-refractivity contribution in [1.82, 2.24) is 5.32 Å². The van der Waals surface area contributed by atoms with E-state index in [-0.39, 0.29) is 90.3 Å². The minimum absolute atomic E-state index is 0.0272. The summed E-state index contributed by atoms with van der Waals surface area (Å²) in [6, 6.07) is 18.7. The molecule has 12 nitrogen and oxygen atoms in total. The number of aliphatic carboxylic acids is 1. The van der Waals surface area contributed by atoms with E-state index < -0.39 is 13.6 Å². The van der Waals surface area contributed by atoms with Crippen LogP contribution in [0.2, 0.25) is 0 Å². The molecule has 2 rings (SSSR count). The number of nitrogens with one attached hydrogen (secondary N) is 1. The Labute approximate surface area is 252 Å². The Balaban J connectivity index is 1.52. The average molecular weight is 624 g/mol. The molecule has 0 aliphatic rings. The lowest BCUT2D eigenvalue weighted by Crippen LogP contribution is -2.28. The Morgan fingerprint density at radius 3 is 1.79 bits per heavy atom. The van der Waals surface area contributed by atoms with Gasteiger partial charge in [-0.25, -0.2) is 4.79 Å². The van der Waals surface area contributed by atoms with Crippen LogP contribution in [0, 0.1) is 0 Å². The van der Waals surface area contributed by atoms with E-state index in [4.69, 9.17) is 33.1 Å². The second kappa shape index (κ2) is 22.6. The van der Waals surface area contributed by atoms with Gasteiger partial charge in [-0.05, 0) is 17.5 Å². The summed E-state index contributed by atoms with van der Waals surface area (Å²) in [5.74, 6) is -1.39. The highest BCUT2D eigenvalue weighted by Crippen LogP contribution is 2.50. The number of ketones is 1. The van der Waals surface area contributed by atoms with Crippen LogP contribution < -0.4 is 5.32 Å². The molecule has 0 radical (unpaired) electrons. The second-order valence-corrected chi connectivity index (χ2v) is 11.5. The van der Waals surface area contributed by atoms with Gasteiger partial charge >= 0.3 is 13.6 Å². The van der Waals surface area contributed by atoms with E-state index in [1.54, 1.807) is 0 Å². The fourth-order valence-corrected chi connectivity index (χ4v) is 4.98. The van der Waals surface area contributed by atoms with E-state index in [1.807, 2.05) is 60.7 Å². The molecule has 0 aliphatic carbocycles. The Morgan fingerprint density at radius 1 is 0.674 bits per heavy atom. The highest BCUT2D eigenvalue weighted by Gasteiger charge is 2.26. The summed E-state index contributed by atoms with van der Waals surface area (Å²) in [4.78, 5) is 34.5. The molecule has 43 heavy (non-hydrogen) atoms. The van der Waals surface area contributed by atoms with Crippen molar-refractivity contribution in [3.05, 3.63) is 71.8 Å². The van der Waals surface area contributed by atoms with E-state index in [9.17, 15) is 18.9 Å². The smallest absolute Gasteiger partial charge is 0.331 e. The number of hydrogen-bond donors (Lipinski definition) is 2. The van der Waals surface area contributed by atoms with Gasteiger partial charge in [0, 0.05) is 26.0 Å². The lowest BCUT2D eigenvalue weighted by molar-refractivity contribution is -0.142. The number of Topliss-reactive ketones (excluding diaryl/α,β-unsaturated/α-hetero) is 1. The van der Waals surface area contributed by atoms with Crippen LogP contribution in [0.1, 0.15) is 30.4 Å². The third kappa shape index (κ3) is 19.0. The summed E-state index contributed by atoms with van der Waals surface area (Å²) in [6.07, 6.45) is 0.750. The molecule has 0 spiro atoms. The number of hydrogen-bond acceptors (Lipinski definition) is 10. The summed E-state index contributed by atoms with van der Waals surface area (Å²) < 4.78 is 45.6. The molecule has 0 fully saturated rings. The topological polar surface area (TPSA) is 156 Å². The van der Waals surface area contributed by atoms with Crippen LogP contribution in [-0.4, -0.2) is 88.3 Å². The van der Waals surface area contributed by atoms with Crippen molar-refractivity contribution >= 4 is 25.3 Å². The van der Waals surface area contributed by atoms with Gasteiger partial charge in [-0.2, -0.15) is 0 Å². The summed E-state index contributed by atoms with van der Waals surface area (Å²) in [5.41, 5.74) is 1.70. The third-order valence-corrected chi connectivity index (χ3v) is 7.52. The number of ether oxygens (including phenoxy) is 4. The Morgan fingerprint density at radius 2 is 1.21 bits per heavy atom. The molecule has 0 saturated carbocycles. The monoisotopic (exact) mass is 623 g/mol. The predicted octanol–water partition coefficient (Wildman–Crippen LogP) is 3.62. The molecule has 0 bridgehead atoms. The molecular weight excluding hydrogens is 581 g/mol. The average Bonchev–Trinajstić information content (AvgIpc) is 3.01. The molecule has 2 aromatic carbocycles. The van der Waals surface area contributed by atoms with Crippen LogP contribution in [0.3, 0.4) is 0 Å². The standard InChI is InChI=1S/C30H42NO11P/c32-28(12-7-15-37-17-20-40-25-30(34)35)24-39-19-18-38-16-14-31-29(33)13-21-43(36,41-22-26-8-3-1-4-9-26)42-23-27-10-5-2-6-11-27/h1-6,8-11H,7,12-25H2,(H,31,33)(H,34,35). The van der Waals surface area contributed by atoms with E-state index in [0.717, 1.165) is 11.1 Å². The van der Waals surface area contributed by atoms with E-state index in [0.29, 0.717) is 19.4 Å². The first kappa shape index (κ1) is 36.2. The molecule has 0 aliphatic heterocycles. The summed E-state index contributed by atoms with van der Waals surface area (Å²) >= 11 is 0. The maximum atomic E-state index is 13.4. The van der Waals surface area contributed by atoms with Crippen molar-refractivity contribution in [2.45, 2.75) is 32.5 Å². The number of benzene rings is 2. The number of carbonyl (C=O) groups is 3. The largest absolute Gasteiger partial charge is 0.480 e. The molecule has 0 aromatic heterocycles. The highest BCUT2D eigenvalue weighted by molar-refractivity contribution is 7.53. The van der Waals surface area contributed by atoms with E-state index in [1.165, 1.54) is 0 Å². The SMILES string of the molecule is O=C(O)COCCOCCCC(=O)COCCOCCNC(=O)CCP(=O)(OCc1ccccc1)OCc1ccccc1. The highest BCUT2D eigenvalue weighted by atomic mass is 31.2. The molecule has 1 amide bonds. The molecular formula is C30H42NO11P. The maximum Gasteiger partial charge on any atom is 0.331 e. The Hall–Kier alpha value is -2.96. The van der Waals surface area contributed by atoms with Crippen molar-refractivity contribution in [3.8, 4) is 0 Å². The van der Waals surface area contributed by atoms with Gasteiger partial charge in [-0.3, -0.25) is 14.2 Å². The zero-order chi connectivity index (χ0) is 31.0. The normalized spacial score (nSPS) is 11.3. The van der Waals surface area contributed by atoms with E-state index >= 15 is 0 Å². The first-order valence-corrected chi connectivity index (χ1v) is 15.9. The van der Waals surface area contributed by atoms with Crippen molar-refractivity contribution in [1.29, 1.82) is 0 Å². The van der Waals surface area contributed by atoms with Crippen molar-refractivity contribution in [2.24, 2.45) is 0 Å². The first-order valence-electron chi connectivity index (χ1n) is 14.1. The molecule has 0 unspecified atom stereocenters. The van der Waals surface area contributed by atoms with Crippen LogP contribution in [0.4, 0.5) is 0 Å². The molecule has 0 heterocycles. The molecule has 238 valence electrons. The zero-order valence-electron chi connectivity index (χ0n) is 24.4. The van der Waals surface area contributed by atoms with Gasteiger partial charge in [-0.1, -0.05) is 60.7 Å². The molecule has 2 aromatic rings. The van der Waals surface area contributed by atoms with Crippen molar-refractivity contribution in [2.75, 3.05) is 65.6 Å². The van der Waals surface area contributed by atoms with Crippen LogP contribution >= 0.6 is 7.60 Å². The van der Waals surface area contributed by atoms with E-state index in [2.05, 4.69) is 5.32 Å². The van der Waals surface area contributed by atoms with Crippen LogP contribution in [0.15, 0.2) is 60.7 Å². The summed E-state index contributed by atoms with van der Waals surface area (Å²) in [6.45, 7) is 1.66. The Bertz CT molecular complexity index is 1050.